The smallest absolute Gasteiger partial charge is 0.293 e. The van der Waals surface area contributed by atoms with Crippen LogP contribution in [-0.4, -0.2) is 31.5 Å². The first-order chi connectivity index (χ1) is 11.0. The summed E-state index contributed by atoms with van der Waals surface area (Å²) < 4.78 is 1.67. The average molecular weight is 388 g/mol. The lowest BCUT2D eigenvalue weighted by atomic mass is 10.3. The van der Waals surface area contributed by atoms with Crippen LogP contribution in [0, 0.1) is 0 Å². The molecule has 0 saturated carbocycles. The second-order valence-corrected chi connectivity index (χ2v) is 7.17. The van der Waals surface area contributed by atoms with Crippen molar-refractivity contribution in [1.82, 2.24) is 19.8 Å². The first kappa shape index (κ1) is 16.2. The molecule has 1 N–H and O–H groups in total. The number of fused-ring (bicyclic) bond motifs is 1. The number of aromatic nitrogens is 4. The minimum atomic E-state index is -0.370. The number of carbonyl (C=O) groups excluding carboxylic acids is 1. The van der Waals surface area contributed by atoms with Gasteiger partial charge >= 0.3 is 0 Å². The third kappa shape index (κ3) is 3.63. The summed E-state index contributed by atoms with van der Waals surface area (Å²) in [6.45, 7) is 0. The second-order valence-electron chi connectivity index (χ2n) is 4.18. The van der Waals surface area contributed by atoms with E-state index in [1.807, 2.05) is 0 Å². The summed E-state index contributed by atoms with van der Waals surface area (Å²) in [5.74, 6) is -0.202. The molecule has 0 aliphatic carbocycles. The Kier molecular flexibility index (Phi) is 4.81. The van der Waals surface area contributed by atoms with Gasteiger partial charge in [0.25, 0.3) is 5.56 Å². The molecule has 0 aliphatic rings. The van der Waals surface area contributed by atoms with E-state index in [1.54, 1.807) is 18.2 Å². The van der Waals surface area contributed by atoms with Gasteiger partial charge in [-0.05, 0) is 12.1 Å². The maximum absolute atomic E-state index is 12.0. The Balaban J connectivity index is 1.69. The monoisotopic (exact) mass is 387 g/mol. The van der Waals surface area contributed by atoms with Gasteiger partial charge in [-0.2, -0.15) is 9.61 Å². The van der Waals surface area contributed by atoms with E-state index < -0.39 is 0 Å². The van der Waals surface area contributed by atoms with Crippen LogP contribution in [0.4, 0.5) is 5.69 Å². The Bertz CT molecular complexity index is 922. The molecule has 23 heavy (non-hydrogen) atoms. The highest BCUT2D eigenvalue weighted by Crippen LogP contribution is 2.30. The van der Waals surface area contributed by atoms with Crippen molar-refractivity contribution in [3.05, 3.63) is 44.8 Å². The van der Waals surface area contributed by atoms with Crippen LogP contribution in [0.1, 0.15) is 0 Å². The zero-order chi connectivity index (χ0) is 16.4. The molecule has 0 bridgehead atoms. The first-order valence-corrected chi connectivity index (χ1v) is 8.68. The van der Waals surface area contributed by atoms with Crippen molar-refractivity contribution in [2.75, 3.05) is 11.1 Å². The molecule has 118 valence electrons. The number of carbonyl (C=O) groups is 1. The van der Waals surface area contributed by atoms with Crippen molar-refractivity contribution in [2.45, 2.75) is 4.34 Å². The lowest BCUT2D eigenvalue weighted by Gasteiger charge is -2.08. The fraction of sp³-hybridized carbons (Fsp3) is 0.0833. The number of nitrogens with zero attached hydrogens (tertiary/aromatic N) is 4. The fourth-order valence-corrected chi connectivity index (χ4v) is 3.81. The van der Waals surface area contributed by atoms with E-state index in [9.17, 15) is 9.59 Å². The van der Waals surface area contributed by atoms with Gasteiger partial charge in [-0.1, -0.05) is 52.4 Å². The number of hydrogen-bond acceptors (Lipinski definition) is 7. The molecule has 0 spiro atoms. The van der Waals surface area contributed by atoms with Crippen molar-refractivity contribution in [2.24, 2.45) is 0 Å². The number of hydrogen-bond donors (Lipinski definition) is 1. The predicted molar refractivity (Wildman–Crippen MR) is 90.7 cm³/mol. The zero-order valence-corrected chi connectivity index (χ0v) is 14.3. The summed E-state index contributed by atoms with van der Waals surface area (Å²) in [7, 11) is 0. The molecule has 1 amide bonds. The molecule has 1 aromatic carbocycles. The topological polar surface area (TPSA) is 89.3 Å². The van der Waals surface area contributed by atoms with Crippen molar-refractivity contribution in [3.63, 3.8) is 0 Å². The molecular formula is C12H7Cl2N5O2S2. The van der Waals surface area contributed by atoms with Crippen LogP contribution in [0.3, 0.4) is 0 Å². The largest absolute Gasteiger partial charge is 0.323 e. The molecule has 7 nitrogen and oxygen atoms in total. The molecule has 0 saturated heterocycles. The Morgan fingerprint density at radius 2 is 2.09 bits per heavy atom. The third-order valence-corrected chi connectivity index (χ3v) is 5.28. The van der Waals surface area contributed by atoms with Gasteiger partial charge in [-0.15, -0.1) is 10.2 Å². The summed E-state index contributed by atoms with van der Waals surface area (Å²) in [5, 5.41) is 14.8. The highest BCUT2D eigenvalue weighted by atomic mass is 35.5. The molecular weight excluding hydrogens is 381 g/mol. The summed E-state index contributed by atoms with van der Waals surface area (Å²) in [5.41, 5.74) is -0.00165. The predicted octanol–water partition coefficient (Wildman–Crippen LogP) is 2.58. The number of anilines is 1. The van der Waals surface area contributed by atoms with Gasteiger partial charge in [0.05, 0.1) is 21.5 Å². The van der Waals surface area contributed by atoms with Crippen LogP contribution in [0.2, 0.25) is 10.0 Å². The standard InChI is InChI=1S/C12H7Cl2N5O2S2/c13-6-2-1-3-7(14)10(6)16-8(20)5-22-12-18-19-9(21)4-15-17-11(19)23-12/h1-4H,5H2,(H,16,20). The lowest BCUT2D eigenvalue weighted by molar-refractivity contribution is -0.113. The van der Waals surface area contributed by atoms with Crippen molar-refractivity contribution in [1.29, 1.82) is 0 Å². The summed E-state index contributed by atoms with van der Waals surface area (Å²) in [6, 6.07) is 4.96. The maximum Gasteiger partial charge on any atom is 0.293 e. The van der Waals surface area contributed by atoms with E-state index in [1.165, 1.54) is 23.1 Å². The molecule has 11 heteroatoms. The number of benzene rings is 1. The summed E-state index contributed by atoms with van der Waals surface area (Å²) in [4.78, 5) is 23.9. The SMILES string of the molecule is O=C(CSc1nn2c(=O)cnnc2s1)Nc1c(Cl)cccc1Cl. The lowest BCUT2D eigenvalue weighted by Crippen LogP contribution is -2.15. The van der Waals surface area contributed by atoms with Crippen molar-refractivity contribution < 1.29 is 4.79 Å². The van der Waals surface area contributed by atoms with E-state index in [2.05, 4.69) is 20.6 Å². The van der Waals surface area contributed by atoms with Gasteiger partial charge in [-0.3, -0.25) is 9.59 Å². The molecule has 0 radical (unpaired) electrons. The normalized spacial score (nSPS) is 10.9. The molecule has 3 rings (SSSR count). The van der Waals surface area contributed by atoms with Gasteiger partial charge in [0.15, 0.2) is 4.34 Å². The van der Waals surface area contributed by atoms with E-state index in [-0.39, 0.29) is 17.2 Å². The number of thioether (sulfide) groups is 1. The van der Waals surface area contributed by atoms with E-state index in [4.69, 9.17) is 23.2 Å². The van der Waals surface area contributed by atoms with Crippen LogP contribution in [0.25, 0.3) is 4.96 Å². The third-order valence-electron chi connectivity index (χ3n) is 2.62. The van der Waals surface area contributed by atoms with Gasteiger partial charge in [0.2, 0.25) is 10.9 Å². The summed E-state index contributed by atoms with van der Waals surface area (Å²) in [6.07, 6.45) is 1.08. The molecule has 0 atom stereocenters. The van der Waals surface area contributed by atoms with E-state index in [0.29, 0.717) is 25.0 Å². The van der Waals surface area contributed by atoms with Gasteiger partial charge < -0.3 is 5.32 Å². The Morgan fingerprint density at radius 3 is 2.78 bits per heavy atom. The number of halogens is 2. The minimum absolute atomic E-state index is 0.0869. The molecule has 0 aliphatic heterocycles. The Morgan fingerprint density at radius 1 is 1.35 bits per heavy atom. The molecule has 2 heterocycles. The van der Waals surface area contributed by atoms with Crippen LogP contribution in [0.15, 0.2) is 33.5 Å². The Hall–Kier alpha value is -1.68. The molecule has 2 aromatic heterocycles. The Labute approximate surface area is 147 Å². The van der Waals surface area contributed by atoms with Gasteiger partial charge in [0.1, 0.15) is 6.20 Å². The highest BCUT2D eigenvalue weighted by molar-refractivity contribution is 8.01. The maximum atomic E-state index is 12.0. The number of nitrogens with one attached hydrogen (secondary N) is 1. The van der Waals surface area contributed by atoms with Gasteiger partial charge in [-0.25, -0.2) is 0 Å². The van der Waals surface area contributed by atoms with Crippen molar-refractivity contribution in [3.8, 4) is 0 Å². The second kappa shape index (κ2) is 6.83. The van der Waals surface area contributed by atoms with E-state index >= 15 is 0 Å². The number of amides is 1. The van der Waals surface area contributed by atoms with Crippen LogP contribution >= 0.6 is 46.3 Å². The molecule has 0 fully saturated rings. The van der Waals surface area contributed by atoms with E-state index in [0.717, 1.165) is 10.7 Å². The van der Waals surface area contributed by atoms with Gasteiger partial charge in [0, 0.05) is 0 Å². The zero-order valence-electron chi connectivity index (χ0n) is 11.2. The molecule has 0 unspecified atom stereocenters. The van der Waals surface area contributed by atoms with Crippen LogP contribution < -0.4 is 10.9 Å². The average Bonchev–Trinajstić information content (AvgIpc) is 2.94. The van der Waals surface area contributed by atoms with Crippen molar-refractivity contribution >= 4 is 62.9 Å². The first-order valence-electron chi connectivity index (χ1n) is 6.13. The van der Waals surface area contributed by atoms with Crippen LogP contribution in [0.5, 0.6) is 0 Å². The number of para-hydroxylation sites is 1. The highest BCUT2D eigenvalue weighted by Gasteiger charge is 2.12. The summed E-state index contributed by atoms with van der Waals surface area (Å²) >= 11 is 14.3. The van der Waals surface area contributed by atoms with Crippen LogP contribution in [-0.2, 0) is 4.79 Å². The fourth-order valence-electron chi connectivity index (χ4n) is 1.63. The minimum Gasteiger partial charge on any atom is -0.323 e. The number of rotatable bonds is 4. The quantitative estimate of drug-likeness (QED) is 0.691. The molecule has 3 aromatic rings.